The second kappa shape index (κ2) is 11.7. The van der Waals surface area contributed by atoms with Crippen LogP contribution in [0.25, 0.3) is 0 Å². The number of aliphatic imine (C=N–C) groups is 1. The Morgan fingerprint density at radius 2 is 2.00 bits per heavy atom. The minimum atomic E-state index is 0. The van der Waals surface area contributed by atoms with E-state index in [9.17, 15) is 0 Å². The van der Waals surface area contributed by atoms with Crippen LogP contribution in [0.3, 0.4) is 0 Å². The van der Waals surface area contributed by atoms with Crippen LogP contribution >= 0.6 is 24.0 Å². The van der Waals surface area contributed by atoms with Gasteiger partial charge in [-0.2, -0.15) is 0 Å². The van der Waals surface area contributed by atoms with Crippen LogP contribution in [0.2, 0.25) is 0 Å². The van der Waals surface area contributed by atoms with E-state index in [-0.39, 0.29) is 24.0 Å². The first kappa shape index (κ1) is 21.2. The zero-order valence-corrected chi connectivity index (χ0v) is 17.7. The average Bonchev–Trinajstić information content (AvgIpc) is 2.56. The smallest absolute Gasteiger partial charge is 0.191 e. The number of hydrogen-bond acceptors (Lipinski definition) is 2. The van der Waals surface area contributed by atoms with Crippen molar-refractivity contribution in [3.8, 4) is 0 Å². The molecule has 0 radical (unpaired) electrons. The number of benzene rings is 1. The van der Waals surface area contributed by atoms with Gasteiger partial charge in [-0.3, -0.25) is 9.89 Å². The quantitative estimate of drug-likeness (QED) is 0.400. The van der Waals surface area contributed by atoms with Crippen molar-refractivity contribution in [2.24, 2.45) is 10.9 Å². The molecule has 4 nitrogen and oxygen atoms in total. The zero-order valence-electron chi connectivity index (χ0n) is 15.3. The molecule has 1 fully saturated rings. The van der Waals surface area contributed by atoms with Gasteiger partial charge in [0.05, 0.1) is 0 Å². The van der Waals surface area contributed by atoms with E-state index in [2.05, 4.69) is 58.6 Å². The van der Waals surface area contributed by atoms with Crippen LogP contribution < -0.4 is 10.6 Å². The van der Waals surface area contributed by atoms with Crippen LogP contribution in [0, 0.1) is 5.92 Å². The highest BCUT2D eigenvalue weighted by molar-refractivity contribution is 14.0. The highest BCUT2D eigenvalue weighted by Gasteiger charge is 2.17. The Hall–Kier alpha value is -0.820. The average molecular weight is 444 g/mol. The molecule has 1 aliphatic heterocycles. The minimum Gasteiger partial charge on any atom is -0.356 e. The summed E-state index contributed by atoms with van der Waals surface area (Å²) in [5.41, 5.74) is 2.80. The summed E-state index contributed by atoms with van der Waals surface area (Å²) in [4.78, 5) is 6.87. The van der Waals surface area contributed by atoms with Crippen molar-refractivity contribution < 1.29 is 0 Å². The van der Waals surface area contributed by atoms with E-state index >= 15 is 0 Å². The second-order valence-corrected chi connectivity index (χ2v) is 6.60. The maximum Gasteiger partial charge on any atom is 0.191 e. The normalized spacial score (nSPS) is 18.8. The molecule has 0 aliphatic carbocycles. The van der Waals surface area contributed by atoms with Crippen LogP contribution in [0.1, 0.15) is 44.2 Å². The van der Waals surface area contributed by atoms with Crippen LogP contribution in [0.15, 0.2) is 29.3 Å². The number of nitrogens with one attached hydrogen (secondary N) is 2. The molecule has 0 bridgehead atoms. The third-order valence-corrected chi connectivity index (χ3v) is 4.47. The summed E-state index contributed by atoms with van der Waals surface area (Å²) in [6.07, 6.45) is 3.80. The molecule has 1 atom stereocenters. The van der Waals surface area contributed by atoms with Gasteiger partial charge >= 0.3 is 0 Å². The molecule has 1 heterocycles. The van der Waals surface area contributed by atoms with Crippen LogP contribution in [-0.2, 0) is 13.1 Å². The monoisotopic (exact) mass is 444 g/mol. The van der Waals surface area contributed by atoms with Gasteiger partial charge in [0, 0.05) is 33.2 Å². The summed E-state index contributed by atoms with van der Waals surface area (Å²) in [7, 11) is 1.83. The lowest BCUT2D eigenvalue weighted by atomic mass is 9.99. The van der Waals surface area contributed by atoms with Crippen molar-refractivity contribution in [2.75, 3.05) is 26.7 Å². The van der Waals surface area contributed by atoms with Gasteiger partial charge < -0.3 is 10.6 Å². The van der Waals surface area contributed by atoms with E-state index in [0.29, 0.717) is 0 Å². The van der Waals surface area contributed by atoms with Gasteiger partial charge in [0.15, 0.2) is 5.96 Å². The Labute approximate surface area is 164 Å². The molecule has 1 unspecified atom stereocenters. The Morgan fingerprint density at radius 3 is 2.67 bits per heavy atom. The molecule has 0 aromatic heterocycles. The number of hydrogen-bond donors (Lipinski definition) is 2. The van der Waals surface area contributed by atoms with Crippen molar-refractivity contribution in [3.63, 3.8) is 0 Å². The highest BCUT2D eigenvalue weighted by Crippen LogP contribution is 2.19. The minimum absolute atomic E-state index is 0. The Kier molecular flexibility index (Phi) is 10.3. The molecule has 0 saturated carbocycles. The SMILES string of the molecule is CCCNC(=NC)NCc1ccccc1CN1CCCC(C)C1.I. The Balaban J connectivity index is 0.00000288. The molecule has 0 spiro atoms. The second-order valence-electron chi connectivity index (χ2n) is 6.60. The fourth-order valence-corrected chi connectivity index (χ4v) is 3.20. The van der Waals surface area contributed by atoms with Gasteiger partial charge in [0.2, 0.25) is 0 Å². The lowest BCUT2D eigenvalue weighted by Gasteiger charge is -2.31. The van der Waals surface area contributed by atoms with Gasteiger partial charge in [0.1, 0.15) is 0 Å². The number of halogens is 1. The van der Waals surface area contributed by atoms with Crippen molar-refractivity contribution in [2.45, 2.75) is 46.2 Å². The standard InChI is InChI=1S/C19H32N4.HI/c1-4-11-21-19(20-3)22-13-17-9-5-6-10-18(17)15-23-12-7-8-16(2)14-23;/h5-6,9-10,16H,4,7-8,11-15H2,1-3H3,(H2,20,21,22);1H. The summed E-state index contributed by atoms with van der Waals surface area (Å²) in [5.74, 6) is 1.71. The summed E-state index contributed by atoms with van der Waals surface area (Å²) in [6, 6.07) is 8.76. The van der Waals surface area contributed by atoms with Gasteiger partial charge in [-0.15, -0.1) is 24.0 Å². The number of guanidine groups is 1. The van der Waals surface area contributed by atoms with Crippen molar-refractivity contribution in [1.29, 1.82) is 0 Å². The van der Waals surface area contributed by atoms with Crippen molar-refractivity contribution >= 4 is 29.9 Å². The van der Waals surface area contributed by atoms with E-state index in [1.807, 2.05) is 7.05 Å². The first-order valence-corrected chi connectivity index (χ1v) is 8.96. The number of nitrogens with zero attached hydrogens (tertiary/aromatic N) is 2. The molecule has 1 saturated heterocycles. The van der Waals surface area contributed by atoms with E-state index in [1.165, 1.54) is 37.1 Å². The van der Waals surface area contributed by atoms with Crippen LogP contribution in [0.5, 0.6) is 0 Å². The maximum absolute atomic E-state index is 4.28. The fourth-order valence-electron chi connectivity index (χ4n) is 3.20. The summed E-state index contributed by atoms with van der Waals surface area (Å²) >= 11 is 0. The van der Waals surface area contributed by atoms with Crippen LogP contribution in [-0.4, -0.2) is 37.5 Å². The van der Waals surface area contributed by atoms with E-state index < -0.39 is 0 Å². The molecule has 1 aromatic carbocycles. The predicted molar refractivity (Wildman–Crippen MR) is 114 cm³/mol. The first-order chi connectivity index (χ1) is 11.2. The Bertz CT molecular complexity index is 504. The molecule has 0 amide bonds. The van der Waals surface area contributed by atoms with Gasteiger partial charge in [0.25, 0.3) is 0 Å². The molecule has 2 N–H and O–H groups in total. The largest absolute Gasteiger partial charge is 0.356 e. The van der Waals surface area contributed by atoms with E-state index in [0.717, 1.165) is 37.9 Å². The van der Waals surface area contributed by atoms with E-state index in [4.69, 9.17) is 0 Å². The molecule has 5 heteroatoms. The lowest BCUT2D eigenvalue weighted by molar-refractivity contribution is 0.176. The summed E-state index contributed by atoms with van der Waals surface area (Å²) < 4.78 is 0. The van der Waals surface area contributed by atoms with Crippen molar-refractivity contribution in [1.82, 2.24) is 15.5 Å². The number of rotatable bonds is 6. The molecule has 1 aliphatic rings. The highest BCUT2D eigenvalue weighted by atomic mass is 127. The maximum atomic E-state index is 4.28. The Morgan fingerprint density at radius 1 is 1.25 bits per heavy atom. The van der Waals surface area contributed by atoms with Gasteiger partial charge in [-0.1, -0.05) is 38.1 Å². The molecule has 24 heavy (non-hydrogen) atoms. The van der Waals surface area contributed by atoms with E-state index in [1.54, 1.807) is 0 Å². The van der Waals surface area contributed by atoms with Gasteiger partial charge in [-0.05, 0) is 42.9 Å². The van der Waals surface area contributed by atoms with Gasteiger partial charge in [-0.25, -0.2) is 0 Å². The third-order valence-electron chi connectivity index (χ3n) is 4.47. The molecular formula is C19H33IN4. The fraction of sp³-hybridized carbons (Fsp3) is 0.632. The predicted octanol–water partition coefficient (Wildman–Crippen LogP) is 3.61. The summed E-state index contributed by atoms with van der Waals surface area (Å²) in [6.45, 7) is 9.81. The number of likely N-dealkylation sites (tertiary alicyclic amines) is 1. The lowest BCUT2D eigenvalue weighted by Crippen LogP contribution is -2.37. The summed E-state index contributed by atoms with van der Waals surface area (Å²) in [5, 5.41) is 6.75. The topological polar surface area (TPSA) is 39.7 Å². The first-order valence-electron chi connectivity index (χ1n) is 8.96. The molecule has 136 valence electrons. The molecular weight excluding hydrogens is 411 g/mol. The van der Waals surface area contributed by atoms with Crippen LogP contribution in [0.4, 0.5) is 0 Å². The third kappa shape index (κ3) is 6.97. The molecule has 2 rings (SSSR count). The number of piperidine rings is 1. The van der Waals surface area contributed by atoms with Crippen molar-refractivity contribution in [3.05, 3.63) is 35.4 Å². The zero-order chi connectivity index (χ0) is 16.5. The molecule has 1 aromatic rings.